The summed E-state index contributed by atoms with van der Waals surface area (Å²) >= 11 is 0. The van der Waals surface area contributed by atoms with Crippen molar-refractivity contribution in [2.24, 2.45) is 4.99 Å². The molecule has 8 nitrogen and oxygen atoms in total. The molecule has 0 spiro atoms. The number of nitrogens with zero attached hydrogens (tertiary/aromatic N) is 4. The van der Waals surface area contributed by atoms with Crippen LogP contribution in [0.15, 0.2) is 58.1 Å². The lowest BCUT2D eigenvalue weighted by molar-refractivity contribution is 0.281. The minimum Gasteiger partial charge on any atom is -0.492 e. The van der Waals surface area contributed by atoms with E-state index in [-0.39, 0.29) is 0 Å². The highest BCUT2D eigenvalue weighted by Gasteiger charge is 2.09. The molecular weight excluding hydrogens is 344 g/mol. The second-order valence-corrected chi connectivity index (χ2v) is 5.89. The van der Waals surface area contributed by atoms with Crippen LogP contribution < -0.4 is 10.1 Å². The molecule has 0 bridgehead atoms. The first-order chi connectivity index (χ1) is 13.3. The van der Waals surface area contributed by atoms with E-state index in [4.69, 9.17) is 9.15 Å². The summed E-state index contributed by atoms with van der Waals surface area (Å²) in [6, 6.07) is 13.4. The van der Waals surface area contributed by atoms with Gasteiger partial charge in [0.1, 0.15) is 18.2 Å². The number of benzene rings is 1. The van der Waals surface area contributed by atoms with Crippen LogP contribution in [-0.4, -0.2) is 59.8 Å². The van der Waals surface area contributed by atoms with Gasteiger partial charge in [-0.25, -0.2) is 4.98 Å². The first-order valence-corrected chi connectivity index (χ1v) is 8.81. The van der Waals surface area contributed by atoms with Gasteiger partial charge in [0.05, 0.1) is 12.8 Å². The smallest absolute Gasteiger partial charge is 0.216 e. The molecule has 142 valence electrons. The molecule has 8 heteroatoms. The number of H-pyrrole nitrogens is 1. The van der Waals surface area contributed by atoms with E-state index in [0.29, 0.717) is 31.2 Å². The van der Waals surface area contributed by atoms with Gasteiger partial charge in [-0.2, -0.15) is 5.10 Å². The third-order valence-electron chi connectivity index (χ3n) is 3.93. The van der Waals surface area contributed by atoms with Crippen LogP contribution in [0.5, 0.6) is 5.75 Å². The fourth-order valence-electron chi connectivity index (χ4n) is 2.52. The number of hydrogen-bond acceptors (Lipinski definition) is 5. The molecule has 0 unspecified atom stereocenters. The third-order valence-corrected chi connectivity index (χ3v) is 3.93. The summed E-state index contributed by atoms with van der Waals surface area (Å²) in [5.41, 5.74) is 0. The minimum absolute atomic E-state index is 0.564. The van der Waals surface area contributed by atoms with E-state index in [2.05, 4.69) is 25.5 Å². The van der Waals surface area contributed by atoms with E-state index >= 15 is 0 Å². The number of aromatic amines is 1. The molecule has 3 rings (SSSR count). The monoisotopic (exact) mass is 368 g/mol. The zero-order valence-corrected chi connectivity index (χ0v) is 15.6. The molecule has 0 saturated carbocycles. The van der Waals surface area contributed by atoms with Gasteiger partial charge in [-0.05, 0) is 24.3 Å². The number of likely N-dealkylation sites (N-methyl/N-ethyl adjacent to an activating group) is 1. The van der Waals surface area contributed by atoms with Gasteiger partial charge < -0.3 is 19.4 Å². The number of para-hydroxylation sites is 1. The SMILES string of the molecule is CN=C(NCCc1nc(-c2ccco2)n[nH]1)N(C)CCOc1ccccc1. The number of hydrogen-bond donors (Lipinski definition) is 2. The van der Waals surface area contributed by atoms with Crippen LogP contribution >= 0.6 is 0 Å². The van der Waals surface area contributed by atoms with Gasteiger partial charge in [-0.15, -0.1) is 0 Å². The fraction of sp³-hybridized carbons (Fsp3) is 0.316. The number of aromatic nitrogens is 3. The second-order valence-electron chi connectivity index (χ2n) is 5.89. The van der Waals surface area contributed by atoms with Crippen molar-refractivity contribution in [3.63, 3.8) is 0 Å². The van der Waals surface area contributed by atoms with Crippen LogP contribution in [0.3, 0.4) is 0 Å². The number of ether oxygens (including phenoxy) is 1. The lowest BCUT2D eigenvalue weighted by atomic mass is 10.3. The molecule has 27 heavy (non-hydrogen) atoms. The number of nitrogens with one attached hydrogen (secondary N) is 2. The Hall–Kier alpha value is -3.29. The molecule has 0 atom stereocenters. The second kappa shape index (κ2) is 9.42. The Balaban J connectivity index is 1.40. The molecule has 0 aliphatic carbocycles. The third kappa shape index (κ3) is 5.34. The van der Waals surface area contributed by atoms with Crippen LogP contribution in [0.4, 0.5) is 0 Å². The molecule has 0 radical (unpaired) electrons. The topological polar surface area (TPSA) is 91.6 Å². The van der Waals surface area contributed by atoms with E-state index in [0.717, 1.165) is 24.1 Å². The predicted molar refractivity (Wildman–Crippen MR) is 104 cm³/mol. The first kappa shape index (κ1) is 18.5. The Kier molecular flexibility index (Phi) is 6.45. The molecular formula is C19H24N6O2. The van der Waals surface area contributed by atoms with Crippen molar-refractivity contribution in [3.8, 4) is 17.3 Å². The van der Waals surface area contributed by atoms with Crippen molar-refractivity contribution < 1.29 is 9.15 Å². The van der Waals surface area contributed by atoms with Crippen molar-refractivity contribution in [2.45, 2.75) is 6.42 Å². The lowest BCUT2D eigenvalue weighted by Crippen LogP contribution is -2.41. The molecule has 0 saturated heterocycles. The predicted octanol–water partition coefficient (Wildman–Crippen LogP) is 2.19. The molecule has 0 fully saturated rings. The van der Waals surface area contributed by atoms with Crippen LogP contribution in [-0.2, 0) is 6.42 Å². The van der Waals surface area contributed by atoms with E-state index in [1.54, 1.807) is 13.3 Å². The van der Waals surface area contributed by atoms with Gasteiger partial charge in [0.15, 0.2) is 11.7 Å². The van der Waals surface area contributed by atoms with Crippen molar-refractivity contribution in [3.05, 3.63) is 54.6 Å². The summed E-state index contributed by atoms with van der Waals surface area (Å²) in [4.78, 5) is 10.8. The standard InChI is InChI=1S/C19H24N6O2/c1-20-19(25(2)12-14-26-15-7-4-3-5-8-15)21-11-10-17-22-18(24-23-17)16-9-6-13-27-16/h3-9,13H,10-12,14H2,1-2H3,(H,20,21)(H,22,23,24). The maximum absolute atomic E-state index is 5.73. The average Bonchev–Trinajstić information content (AvgIpc) is 3.37. The molecule has 0 aliphatic rings. The summed E-state index contributed by atoms with van der Waals surface area (Å²) in [5.74, 6) is 3.68. The fourth-order valence-corrected chi connectivity index (χ4v) is 2.52. The van der Waals surface area contributed by atoms with Gasteiger partial charge in [0.2, 0.25) is 5.82 Å². The Labute approximate surface area is 158 Å². The highest BCUT2D eigenvalue weighted by atomic mass is 16.5. The van der Waals surface area contributed by atoms with Gasteiger partial charge in [0, 0.05) is 27.1 Å². The van der Waals surface area contributed by atoms with E-state index < -0.39 is 0 Å². The highest BCUT2D eigenvalue weighted by molar-refractivity contribution is 5.79. The maximum Gasteiger partial charge on any atom is 0.216 e. The highest BCUT2D eigenvalue weighted by Crippen LogP contribution is 2.14. The van der Waals surface area contributed by atoms with E-state index in [9.17, 15) is 0 Å². The molecule has 2 N–H and O–H groups in total. The summed E-state index contributed by atoms with van der Waals surface area (Å²) < 4.78 is 11.0. The number of furan rings is 1. The zero-order valence-electron chi connectivity index (χ0n) is 15.6. The number of guanidine groups is 1. The molecule has 0 amide bonds. The largest absolute Gasteiger partial charge is 0.492 e. The van der Waals surface area contributed by atoms with Gasteiger partial charge in [0.25, 0.3) is 0 Å². The molecule has 2 heterocycles. The van der Waals surface area contributed by atoms with E-state index in [1.165, 1.54) is 0 Å². The summed E-state index contributed by atoms with van der Waals surface area (Å²) in [5, 5.41) is 10.4. The van der Waals surface area contributed by atoms with E-state index in [1.807, 2.05) is 54.4 Å². The van der Waals surface area contributed by atoms with Gasteiger partial charge >= 0.3 is 0 Å². The Morgan fingerprint density at radius 1 is 1.26 bits per heavy atom. The average molecular weight is 368 g/mol. The van der Waals surface area contributed by atoms with Gasteiger partial charge in [-0.1, -0.05) is 18.2 Å². The van der Waals surface area contributed by atoms with Crippen LogP contribution in [0.2, 0.25) is 0 Å². The zero-order chi connectivity index (χ0) is 18.9. The molecule has 1 aromatic carbocycles. The number of rotatable bonds is 8. The Morgan fingerprint density at radius 3 is 2.85 bits per heavy atom. The first-order valence-electron chi connectivity index (χ1n) is 8.81. The summed E-state index contributed by atoms with van der Waals surface area (Å²) in [7, 11) is 3.74. The van der Waals surface area contributed by atoms with Crippen LogP contribution in [0, 0.1) is 0 Å². The Morgan fingerprint density at radius 2 is 2.11 bits per heavy atom. The van der Waals surface area contributed by atoms with Gasteiger partial charge in [-0.3, -0.25) is 10.1 Å². The van der Waals surface area contributed by atoms with Crippen molar-refractivity contribution in [1.29, 1.82) is 0 Å². The molecule has 3 aromatic rings. The van der Waals surface area contributed by atoms with Crippen molar-refractivity contribution in [1.82, 2.24) is 25.4 Å². The van der Waals surface area contributed by atoms with Crippen molar-refractivity contribution in [2.75, 3.05) is 33.8 Å². The lowest BCUT2D eigenvalue weighted by Gasteiger charge is -2.22. The van der Waals surface area contributed by atoms with Crippen molar-refractivity contribution >= 4 is 5.96 Å². The number of aliphatic imine (C=N–C) groups is 1. The quantitative estimate of drug-likeness (QED) is 0.468. The maximum atomic E-state index is 5.73. The summed E-state index contributed by atoms with van der Waals surface area (Å²) in [6.45, 7) is 1.98. The normalized spacial score (nSPS) is 11.4. The molecule has 0 aliphatic heterocycles. The minimum atomic E-state index is 0.564. The van der Waals surface area contributed by atoms with Crippen LogP contribution in [0.25, 0.3) is 11.6 Å². The van der Waals surface area contributed by atoms with Crippen LogP contribution in [0.1, 0.15) is 5.82 Å². The summed E-state index contributed by atoms with van der Waals surface area (Å²) in [6.07, 6.45) is 2.30. The molecule has 2 aromatic heterocycles. The Bertz CT molecular complexity index is 829.